The lowest BCUT2D eigenvalue weighted by Crippen LogP contribution is -2.37. The summed E-state index contributed by atoms with van der Waals surface area (Å²) in [5.41, 5.74) is 1.44. The summed E-state index contributed by atoms with van der Waals surface area (Å²) in [4.78, 5) is 23.3. The number of benzene rings is 2. The molecule has 1 atom stereocenters. The van der Waals surface area contributed by atoms with E-state index in [4.69, 9.17) is 4.74 Å². The van der Waals surface area contributed by atoms with Gasteiger partial charge >= 0.3 is 0 Å². The first kappa shape index (κ1) is 16.0. The standard InChI is InChI=1S/C18H17FN2O3/c19-13-6-4-12(5-7-13)11-24-15-3-1-2-14(10-15)20-18(23)16-8-9-17(22)21-16/h1-7,10,16H,8-9,11H2,(H,20,23)(H,21,22)/t16-/m1/s1. The van der Waals surface area contributed by atoms with Crippen LogP contribution in [0.3, 0.4) is 0 Å². The van der Waals surface area contributed by atoms with Gasteiger partial charge in [0.05, 0.1) is 0 Å². The number of amides is 2. The maximum Gasteiger partial charge on any atom is 0.246 e. The maximum absolute atomic E-state index is 12.9. The smallest absolute Gasteiger partial charge is 0.246 e. The number of rotatable bonds is 5. The zero-order chi connectivity index (χ0) is 16.9. The fourth-order valence-electron chi connectivity index (χ4n) is 2.45. The van der Waals surface area contributed by atoms with Crippen LogP contribution in [0.1, 0.15) is 18.4 Å². The number of carbonyl (C=O) groups excluding carboxylic acids is 2. The van der Waals surface area contributed by atoms with Crippen molar-refractivity contribution < 1.29 is 18.7 Å². The Morgan fingerprint density at radius 3 is 2.75 bits per heavy atom. The van der Waals surface area contributed by atoms with Gasteiger partial charge in [0.25, 0.3) is 0 Å². The third-order valence-corrected chi connectivity index (χ3v) is 3.73. The summed E-state index contributed by atoms with van der Waals surface area (Å²) in [6.07, 6.45) is 0.879. The van der Waals surface area contributed by atoms with E-state index in [0.717, 1.165) is 5.56 Å². The van der Waals surface area contributed by atoms with Gasteiger partial charge in [-0.1, -0.05) is 18.2 Å². The Labute approximate surface area is 138 Å². The van der Waals surface area contributed by atoms with E-state index in [-0.39, 0.29) is 17.6 Å². The van der Waals surface area contributed by atoms with Gasteiger partial charge in [-0.2, -0.15) is 0 Å². The summed E-state index contributed by atoms with van der Waals surface area (Å²) in [6.45, 7) is 0.302. The van der Waals surface area contributed by atoms with Crippen LogP contribution in [-0.2, 0) is 16.2 Å². The third-order valence-electron chi connectivity index (χ3n) is 3.73. The minimum atomic E-state index is -0.485. The van der Waals surface area contributed by atoms with Gasteiger partial charge in [0.2, 0.25) is 11.8 Å². The second-order valence-electron chi connectivity index (χ2n) is 5.59. The largest absolute Gasteiger partial charge is 0.489 e. The number of nitrogens with one attached hydrogen (secondary N) is 2. The van der Waals surface area contributed by atoms with Crippen molar-refractivity contribution in [1.29, 1.82) is 0 Å². The fourth-order valence-corrected chi connectivity index (χ4v) is 2.45. The van der Waals surface area contributed by atoms with Gasteiger partial charge in [0, 0.05) is 18.2 Å². The first-order valence-corrected chi connectivity index (χ1v) is 7.68. The Morgan fingerprint density at radius 1 is 1.25 bits per heavy atom. The summed E-state index contributed by atoms with van der Waals surface area (Å²) in [5.74, 6) is -0.0434. The predicted molar refractivity (Wildman–Crippen MR) is 87.0 cm³/mol. The van der Waals surface area contributed by atoms with Gasteiger partial charge in [-0.3, -0.25) is 9.59 Å². The molecule has 0 unspecified atom stereocenters. The zero-order valence-electron chi connectivity index (χ0n) is 12.9. The van der Waals surface area contributed by atoms with Crippen LogP contribution < -0.4 is 15.4 Å². The molecular weight excluding hydrogens is 311 g/mol. The number of anilines is 1. The molecule has 3 rings (SSSR count). The minimum Gasteiger partial charge on any atom is -0.489 e. The lowest BCUT2D eigenvalue weighted by atomic mass is 10.2. The molecule has 0 spiro atoms. The highest BCUT2D eigenvalue weighted by Crippen LogP contribution is 2.19. The Kier molecular flexibility index (Phi) is 4.74. The topological polar surface area (TPSA) is 67.4 Å². The molecule has 1 aliphatic rings. The fraction of sp³-hybridized carbons (Fsp3) is 0.222. The summed E-state index contributed by atoms with van der Waals surface area (Å²) < 4.78 is 18.5. The van der Waals surface area contributed by atoms with Crippen LogP contribution >= 0.6 is 0 Å². The van der Waals surface area contributed by atoms with E-state index in [9.17, 15) is 14.0 Å². The van der Waals surface area contributed by atoms with Crippen molar-refractivity contribution >= 4 is 17.5 Å². The van der Waals surface area contributed by atoms with Crippen molar-refractivity contribution in [3.63, 3.8) is 0 Å². The maximum atomic E-state index is 12.9. The van der Waals surface area contributed by atoms with Gasteiger partial charge < -0.3 is 15.4 Å². The Hall–Kier alpha value is -2.89. The Bertz CT molecular complexity index is 746. The van der Waals surface area contributed by atoms with Gasteiger partial charge in [-0.15, -0.1) is 0 Å². The van der Waals surface area contributed by atoms with Crippen molar-refractivity contribution in [2.75, 3.05) is 5.32 Å². The number of hydrogen-bond acceptors (Lipinski definition) is 3. The van der Waals surface area contributed by atoms with Crippen LogP contribution in [0.15, 0.2) is 48.5 Å². The van der Waals surface area contributed by atoms with E-state index in [1.54, 1.807) is 36.4 Å². The molecule has 2 aromatic rings. The monoisotopic (exact) mass is 328 g/mol. The van der Waals surface area contributed by atoms with Crippen LogP contribution in [0.25, 0.3) is 0 Å². The molecule has 0 radical (unpaired) electrons. The molecule has 2 N–H and O–H groups in total. The Balaban J connectivity index is 1.58. The minimum absolute atomic E-state index is 0.105. The van der Waals surface area contributed by atoms with E-state index in [1.165, 1.54) is 12.1 Å². The molecule has 2 aromatic carbocycles. The van der Waals surface area contributed by atoms with Gasteiger partial charge in [0.15, 0.2) is 0 Å². The average molecular weight is 328 g/mol. The van der Waals surface area contributed by atoms with Crippen LogP contribution in [0, 0.1) is 5.82 Å². The van der Waals surface area contributed by atoms with Gasteiger partial charge in [-0.25, -0.2) is 4.39 Å². The summed E-state index contributed by atoms with van der Waals surface area (Å²) in [5, 5.41) is 5.39. The van der Waals surface area contributed by atoms with Crippen molar-refractivity contribution in [3.05, 3.63) is 59.9 Å². The Morgan fingerprint density at radius 2 is 2.04 bits per heavy atom. The first-order valence-electron chi connectivity index (χ1n) is 7.68. The molecule has 24 heavy (non-hydrogen) atoms. The van der Waals surface area contributed by atoms with Crippen molar-refractivity contribution in [1.82, 2.24) is 5.32 Å². The summed E-state index contributed by atoms with van der Waals surface area (Å²) in [6, 6.07) is 12.6. The van der Waals surface area contributed by atoms with Crippen LogP contribution in [-0.4, -0.2) is 17.9 Å². The van der Waals surface area contributed by atoms with Crippen LogP contribution in [0.4, 0.5) is 10.1 Å². The highest BCUT2D eigenvalue weighted by atomic mass is 19.1. The molecule has 1 aliphatic heterocycles. The zero-order valence-corrected chi connectivity index (χ0v) is 12.9. The molecule has 2 amide bonds. The van der Waals surface area contributed by atoms with Crippen LogP contribution in [0.2, 0.25) is 0 Å². The molecule has 1 heterocycles. The van der Waals surface area contributed by atoms with E-state index in [0.29, 0.717) is 30.9 Å². The molecule has 1 saturated heterocycles. The van der Waals surface area contributed by atoms with Crippen molar-refractivity contribution in [3.8, 4) is 5.75 Å². The molecule has 124 valence electrons. The predicted octanol–water partition coefficient (Wildman–Crippen LogP) is 2.62. The molecule has 0 saturated carbocycles. The molecule has 0 aromatic heterocycles. The average Bonchev–Trinajstić information content (AvgIpc) is 3.01. The van der Waals surface area contributed by atoms with E-state index < -0.39 is 6.04 Å². The number of carbonyl (C=O) groups is 2. The highest BCUT2D eigenvalue weighted by molar-refractivity contribution is 5.99. The molecule has 1 fully saturated rings. The van der Waals surface area contributed by atoms with Crippen molar-refractivity contribution in [2.24, 2.45) is 0 Å². The van der Waals surface area contributed by atoms with E-state index in [2.05, 4.69) is 10.6 Å². The van der Waals surface area contributed by atoms with Crippen LogP contribution in [0.5, 0.6) is 5.75 Å². The molecular formula is C18H17FN2O3. The lowest BCUT2D eigenvalue weighted by molar-refractivity contribution is -0.122. The second kappa shape index (κ2) is 7.12. The molecule has 0 aliphatic carbocycles. The molecule has 0 bridgehead atoms. The first-order chi connectivity index (χ1) is 11.6. The number of ether oxygens (including phenoxy) is 1. The number of halogens is 1. The molecule has 5 nitrogen and oxygen atoms in total. The van der Waals surface area contributed by atoms with E-state index >= 15 is 0 Å². The van der Waals surface area contributed by atoms with E-state index in [1.807, 2.05) is 0 Å². The van der Waals surface area contributed by atoms with Gasteiger partial charge in [-0.05, 0) is 36.2 Å². The third kappa shape index (κ3) is 4.10. The normalized spacial score (nSPS) is 16.5. The van der Waals surface area contributed by atoms with Gasteiger partial charge in [0.1, 0.15) is 24.2 Å². The quantitative estimate of drug-likeness (QED) is 0.886. The number of hydrogen-bond donors (Lipinski definition) is 2. The highest BCUT2D eigenvalue weighted by Gasteiger charge is 2.27. The second-order valence-corrected chi connectivity index (χ2v) is 5.59. The van der Waals surface area contributed by atoms with Crippen molar-refractivity contribution in [2.45, 2.75) is 25.5 Å². The summed E-state index contributed by atoms with van der Waals surface area (Å²) >= 11 is 0. The summed E-state index contributed by atoms with van der Waals surface area (Å²) in [7, 11) is 0. The molecule has 6 heteroatoms. The SMILES string of the molecule is O=C1CC[C@H](C(=O)Nc2cccc(OCc3ccc(F)cc3)c2)N1. The lowest BCUT2D eigenvalue weighted by Gasteiger charge is -2.12.